The van der Waals surface area contributed by atoms with Crippen molar-refractivity contribution in [3.05, 3.63) is 12.4 Å². The van der Waals surface area contributed by atoms with E-state index in [1.165, 1.54) is 0 Å². The number of rotatable bonds is 4. The van der Waals surface area contributed by atoms with E-state index in [4.69, 9.17) is 5.73 Å². The van der Waals surface area contributed by atoms with Crippen molar-refractivity contribution >= 4 is 45.7 Å². The molecule has 0 atom stereocenters. The van der Waals surface area contributed by atoms with Crippen LogP contribution in [0.3, 0.4) is 0 Å². The fourth-order valence-corrected chi connectivity index (χ4v) is 1.37. The van der Waals surface area contributed by atoms with E-state index in [-0.39, 0.29) is 34.0 Å². The lowest BCUT2D eigenvalue weighted by Gasteiger charge is -1.93. The topological polar surface area (TPSA) is 54.7 Å². The first-order chi connectivity index (χ1) is 4.93. The van der Waals surface area contributed by atoms with Crippen LogP contribution in [-0.4, -0.2) is 22.3 Å². The number of hydrogen-bond acceptors (Lipinski definition) is 3. The van der Waals surface area contributed by atoms with Crippen LogP contribution in [0.5, 0.6) is 0 Å². The predicted octanol–water partition coefficient (Wildman–Crippen LogP) is 2.01. The Kier molecular flexibility index (Phi) is 11.9. The number of nitrogens with two attached hydrogens (primary N) is 1. The highest BCUT2D eigenvalue weighted by Gasteiger charge is 1.92. The van der Waals surface area contributed by atoms with Crippen LogP contribution in [0.1, 0.15) is 6.42 Å². The van der Waals surface area contributed by atoms with Gasteiger partial charge in [-0.1, -0.05) is 11.8 Å². The smallest absolute Gasteiger partial charge is 0.165 e. The number of halogens is 2. The molecule has 0 spiro atoms. The van der Waals surface area contributed by atoms with E-state index in [1.807, 2.05) is 6.20 Å². The molecule has 0 aliphatic carbocycles. The molecule has 3 N–H and O–H groups in total. The number of aromatic amines is 1. The van der Waals surface area contributed by atoms with Gasteiger partial charge in [-0.15, -0.1) is 34.0 Å². The van der Waals surface area contributed by atoms with Crippen LogP contribution in [0.2, 0.25) is 0 Å². The minimum absolute atomic E-state index is 0. The molecule has 0 unspecified atom stereocenters. The molecular weight excluding hydrogens is 306 g/mol. The van der Waals surface area contributed by atoms with Crippen LogP contribution in [-0.2, 0) is 0 Å². The van der Waals surface area contributed by atoms with Crippen molar-refractivity contribution in [1.82, 2.24) is 9.97 Å². The van der Waals surface area contributed by atoms with Crippen LogP contribution >= 0.6 is 45.7 Å². The van der Waals surface area contributed by atoms with E-state index >= 15 is 0 Å². The van der Waals surface area contributed by atoms with Gasteiger partial charge in [-0.25, -0.2) is 4.98 Å². The van der Waals surface area contributed by atoms with Gasteiger partial charge in [0.2, 0.25) is 0 Å². The molecule has 1 aromatic rings. The molecule has 0 aliphatic heterocycles. The van der Waals surface area contributed by atoms with E-state index in [0.29, 0.717) is 0 Å². The average molecular weight is 319 g/mol. The number of hydrogen-bond donors (Lipinski definition) is 2. The van der Waals surface area contributed by atoms with Gasteiger partial charge in [0, 0.05) is 18.1 Å². The van der Waals surface area contributed by atoms with Crippen LogP contribution < -0.4 is 5.73 Å². The predicted molar refractivity (Wildman–Crippen MR) is 63.6 cm³/mol. The minimum Gasteiger partial charge on any atom is -0.340 e. The highest BCUT2D eigenvalue weighted by atomic mass is 79.9. The van der Waals surface area contributed by atoms with E-state index in [9.17, 15) is 0 Å². The Morgan fingerprint density at radius 3 is 2.75 bits per heavy atom. The van der Waals surface area contributed by atoms with E-state index in [1.54, 1.807) is 18.0 Å². The monoisotopic (exact) mass is 317 g/mol. The summed E-state index contributed by atoms with van der Waals surface area (Å²) in [7, 11) is 0. The van der Waals surface area contributed by atoms with Crippen molar-refractivity contribution in [2.75, 3.05) is 12.3 Å². The zero-order valence-corrected chi connectivity index (χ0v) is 10.8. The fourth-order valence-electron chi connectivity index (χ4n) is 0.582. The molecule has 1 aromatic heterocycles. The van der Waals surface area contributed by atoms with E-state index in [2.05, 4.69) is 9.97 Å². The van der Waals surface area contributed by atoms with Crippen molar-refractivity contribution in [2.24, 2.45) is 5.73 Å². The summed E-state index contributed by atoms with van der Waals surface area (Å²) in [6, 6.07) is 0. The number of nitrogens with zero attached hydrogens (tertiary/aromatic N) is 1. The molecule has 0 aliphatic rings. The zero-order chi connectivity index (χ0) is 7.23. The van der Waals surface area contributed by atoms with E-state index in [0.717, 1.165) is 23.9 Å². The second-order valence-electron chi connectivity index (χ2n) is 1.89. The Balaban J connectivity index is 0. The Bertz CT molecular complexity index is 169. The maximum Gasteiger partial charge on any atom is 0.165 e. The van der Waals surface area contributed by atoms with Crippen LogP contribution in [0, 0.1) is 0 Å². The summed E-state index contributed by atoms with van der Waals surface area (Å²) < 4.78 is 0. The minimum atomic E-state index is 0. The van der Waals surface area contributed by atoms with Crippen molar-refractivity contribution in [3.63, 3.8) is 0 Å². The quantitative estimate of drug-likeness (QED) is 0.659. The largest absolute Gasteiger partial charge is 0.340 e. The summed E-state index contributed by atoms with van der Waals surface area (Å²) in [5.74, 6) is 1.05. The summed E-state index contributed by atoms with van der Waals surface area (Å²) in [4.78, 5) is 7.06. The first kappa shape index (κ1) is 15.0. The molecule has 12 heavy (non-hydrogen) atoms. The van der Waals surface area contributed by atoms with Crippen LogP contribution in [0.4, 0.5) is 0 Å². The Hall–Kier alpha value is 0.480. The van der Waals surface area contributed by atoms with Crippen molar-refractivity contribution in [1.29, 1.82) is 0 Å². The Morgan fingerprint density at radius 2 is 2.25 bits per heavy atom. The molecule has 1 rings (SSSR count). The standard InChI is InChI=1S/C6H11N3S.2BrH/c7-2-1-5-10-6-8-3-4-9-6;;/h3-4H,1-2,5,7H2,(H,8,9);2*1H. The summed E-state index contributed by atoms with van der Waals surface area (Å²) >= 11 is 1.70. The molecule has 0 fully saturated rings. The molecular formula is C6H13Br2N3S. The fraction of sp³-hybridized carbons (Fsp3) is 0.500. The van der Waals surface area contributed by atoms with Gasteiger partial charge < -0.3 is 10.7 Å². The van der Waals surface area contributed by atoms with Gasteiger partial charge in [0.1, 0.15) is 0 Å². The van der Waals surface area contributed by atoms with Crippen molar-refractivity contribution < 1.29 is 0 Å². The summed E-state index contributed by atoms with van der Waals surface area (Å²) in [6.07, 6.45) is 4.63. The molecule has 3 nitrogen and oxygen atoms in total. The molecule has 72 valence electrons. The first-order valence-electron chi connectivity index (χ1n) is 3.25. The van der Waals surface area contributed by atoms with Crippen molar-refractivity contribution in [3.8, 4) is 0 Å². The molecule has 0 saturated heterocycles. The number of nitrogens with one attached hydrogen (secondary N) is 1. The van der Waals surface area contributed by atoms with Gasteiger partial charge >= 0.3 is 0 Å². The summed E-state index contributed by atoms with van der Waals surface area (Å²) in [6.45, 7) is 0.758. The number of imidazole rings is 1. The van der Waals surface area contributed by atoms with Gasteiger partial charge in [-0.05, 0) is 13.0 Å². The van der Waals surface area contributed by atoms with Gasteiger partial charge in [0.05, 0.1) is 0 Å². The summed E-state index contributed by atoms with van der Waals surface area (Å²) in [5, 5.41) is 0.980. The number of thioether (sulfide) groups is 1. The molecule has 0 saturated carbocycles. The second kappa shape index (κ2) is 9.57. The molecule has 1 heterocycles. The Labute approximate surface area is 97.4 Å². The molecule has 6 heteroatoms. The van der Waals surface area contributed by atoms with Gasteiger partial charge in [0.25, 0.3) is 0 Å². The molecule has 0 radical (unpaired) electrons. The normalized spacial score (nSPS) is 8.42. The second-order valence-corrected chi connectivity index (χ2v) is 2.97. The van der Waals surface area contributed by atoms with Gasteiger partial charge in [-0.2, -0.15) is 0 Å². The van der Waals surface area contributed by atoms with E-state index < -0.39 is 0 Å². The van der Waals surface area contributed by atoms with Crippen LogP contribution in [0.15, 0.2) is 17.6 Å². The Morgan fingerprint density at radius 1 is 1.50 bits per heavy atom. The maximum atomic E-state index is 5.32. The third-order valence-electron chi connectivity index (χ3n) is 1.06. The van der Waals surface area contributed by atoms with Gasteiger partial charge in [-0.3, -0.25) is 0 Å². The summed E-state index contributed by atoms with van der Waals surface area (Å²) in [5.41, 5.74) is 5.32. The number of aromatic nitrogens is 2. The van der Waals surface area contributed by atoms with Gasteiger partial charge in [0.15, 0.2) is 5.16 Å². The highest BCUT2D eigenvalue weighted by molar-refractivity contribution is 8.93. The molecule has 0 amide bonds. The van der Waals surface area contributed by atoms with Crippen LogP contribution in [0.25, 0.3) is 0 Å². The average Bonchev–Trinajstić information content (AvgIpc) is 2.41. The molecule has 0 bridgehead atoms. The zero-order valence-electron chi connectivity index (χ0n) is 6.53. The first-order valence-corrected chi connectivity index (χ1v) is 4.24. The lowest BCUT2D eigenvalue weighted by molar-refractivity contribution is 0.937. The van der Waals surface area contributed by atoms with Crippen molar-refractivity contribution in [2.45, 2.75) is 11.6 Å². The number of H-pyrrole nitrogens is 1. The third-order valence-corrected chi connectivity index (χ3v) is 2.05. The molecule has 0 aromatic carbocycles. The SMILES string of the molecule is Br.Br.NCCCSc1ncc[nH]1. The highest BCUT2D eigenvalue weighted by Crippen LogP contribution is 2.11. The maximum absolute atomic E-state index is 5.32. The third kappa shape index (κ3) is 6.05. The lowest BCUT2D eigenvalue weighted by Crippen LogP contribution is -1.99. The lowest BCUT2D eigenvalue weighted by atomic mass is 10.5.